The third-order valence-corrected chi connectivity index (χ3v) is 3.50. The number of aliphatic hydroxyl groups is 1. The van der Waals surface area contributed by atoms with Crippen LogP contribution in [-0.2, 0) is 0 Å². The zero-order valence-electron chi connectivity index (χ0n) is 11.1. The van der Waals surface area contributed by atoms with Crippen molar-refractivity contribution >= 4 is 0 Å². The average Bonchev–Trinajstić information content (AvgIpc) is 2.41. The normalized spacial score (nSPS) is 18.8. The van der Waals surface area contributed by atoms with E-state index in [1.165, 1.54) is 18.6 Å². The van der Waals surface area contributed by atoms with Gasteiger partial charge >= 0.3 is 6.36 Å². The van der Waals surface area contributed by atoms with Crippen molar-refractivity contribution in [3.8, 4) is 5.75 Å². The van der Waals surface area contributed by atoms with Crippen LogP contribution in [0.2, 0.25) is 0 Å². The second-order valence-corrected chi connectivity index (χ2v) is 4.91. The molecule has 1 saturated heterocycles. The van der Waals surface area contributed by atoms with Gasteiger partial charge in [0.05, 0.1) is 12.6 Å². The minimum Gasteiger partial charge on any atom is -0.406 e. The van der Waals surface area contributed by atoms with Crippen molar-refractivity contribution in [2.45, 2.75) is 31.7 Å². The van der Waals surface area contributed by atoms with E-state index in [0.29, 0.717) is 0 Å². The molecular weight excluding hydrogens is 271 g/mol. The van der Waals surface area contributed by atoms with Gasteiger partial charge in [0.1, 0.15) is 5.75 Å². The van der Waals surface area contributed by atoms with Crippen molar-refractivity contribution in [1.29, 1.82) is 0 Å². The molecule has 1 atom stereocenters. The van der Waals surface area contributed by atoms with Gasteiger partial charge in [0.2, 0.25) is 0 Å². The van der Waals surface area contributed by atoms with Gasteiger partial charge in [-0.05, 0) is 43.6 Å². The number of hydrogen-bond donors (Lipinski definition) is 1. The number of alkyl halides is 3. The summed E-state index contributed by atoms with van der Waals surface area (Å²) >= 11 is 0. The van der Waals surface area contributed by atoms with E-state index in [4.69, 9.17) is 0 Å². The Balaban J connectivity index is 2.06. The van der Waals surface area contributed by atoms with Gasteiger partial charge < -0.3 is 9.84 Å². The molecule has 1 N–H and O–H groups in total. The van der Waals surface area contributed by atoms with E-state index in [9.17, 15) is 18.3 Å². The molecule has 0 saturated carbocycles. The summed E-state index contributed by atoms with van der Waals surface area (Å²) in [5, 5.41) is 9.53. The Kier molecular flexibility index (Phi) is 4.88. The smallest absolute Gasteiger partial charge is 0.406 e. The molecule has 1 heterocycles. The van der Waals surface area contributed by atoms with E-state index in [0.717, 1.165) is 31.5 Å². The van der Waals surface area contributed by atoms with Crippen molar-refractivity contribution in [2.75, 3.05) is 19.7 Å². The van der Waals surface area contributed by atoms with Crippen LogP contribution in [0.5, 0.6) is 5.75 Å². The van der Waals surface area contributed by atoms with Gasteiger partial charge in [0.15, 0.2) is 0 Å². The van der Waals surface area contributed by atoms with Crippen LogP contribution in [0.1, 0.15) is 30.9 Å². The monoisotopic (exact) mass is 289 g/mol. The maximum Gasteiger partial charge on any atom is 0.573 e. The summed E-state index contributed by atoms with van der Waals surface area (Å²) in [5.41, 5.74) is 0.809. The lowest BCUT2D eigenvalue weighted by molar-refractivity contribution is -0.274. The predicted molar refractivity (Wildman–Crippen MR) is 68.4 cm³/mol. The first-order chi connectivity index (χ1) is 9.49. The molecule has 0 spiro atoms. The quantitative estimate of drug-likeness (QED) is 0.924. The highest BCUT2D eigenvalue weighted by Gasteiger charge is 2.31. The van der Waals surface area contributed by atoms with Gasteiger partial charge in [-0.3, -0.25) is 4.90 Å². The molecule has 1 unspecified atom stereocenters. The molecule has 20 heavy (non-hydrogen) atoms. The van der Waals surface area contributed by atoms with E-state index in [2.05, 4.69) is 9.64 Å². The minimum absolute atomic E-state index is 0.0422. The molecule has 1 aromatic carbocycles. The lowest BCUT2D eigenvalue weighted by Crippen LogP contribution is -2.35. The summed E-state index contributed by atoms with van der Waals surface area (Å²) in [6, 6.07) is 5.58. The number of aliphatic hydroxyl groups excluding tert-OH is 1. The SMILES string of the molecule is OCC(c1ccc(OC(F)(F)F)cc1)N1CCCCC1. The minimum atomic E-state index is -4.68. The van der Waals surface area contributed by atoms with Crippen LogP contribution in [0, 0.1) is 0 Å². The summed E-state index contributed by atoms with van der Waals surface area (Å²) in [6.07, 6.45) is -1.31. The summed E-state index contributed by atoms with van der Waals surface area (Å²) in [6.45, 7) is 1.78. The van der Waals surface area contributed by atoms with E-state index >= 15 is 0 Å². The van der Waals surface area contributed by atoms with E-state index < -0.39 is 6.36 Å². The highest BCUT2D eigenvalue weighted by molar-refractivity contribution is 5.29. The highest BCUT2D eigenvalue weighted by Crippen LogP contribution is 2.28. The van der Waals surface area contributed by atoms with Gasteiger partial charge in [0, 0.05) is 0 Å². The van der Waals surface area contributed by atoms with Crippen LogP contribution in [-0.4, -0.2) is 36.1 Å². The fraction of sp³-hybridized carbons (Fsp3) is 0.571. The lowest BCUT2D eigenvalue weighted by Gasteiger charge is -2.33. The maximum absolute atomic E-state index is 12.1. The van der Waals surface area contributed by atoms with Crippen molar-refractivity contribution < 1.29 is 23.0 Å². The molecule has 0 aliphatic carbocycles. The van der Waals surface area contributed by atoms with Crippen molar-refractivity contribution in [2.24, 2.45) is 0 Å². The van der Waals surface area contributed by atoms with Gasteiger partial charge in [-0.25, -0.2) is 0 Å². The number of benzene rings is 1. The van der Waals surface area contributed by atoms with Crippen LogP contribution < -0.4 is 4.74 Å². The molecular formula is C14H18F3NO2. The zero-order chi connectivity index (χ0) is 14.6. The van der Waals surface area contributed by atoms with Crippen LogP contribution in [0.4, 0.5) is 13.2 Å². The molecule has 1 aromatic rings. The Bertz CT molecular complexity index is 413. The van der Waals surface area contributed by atoms with E-state index in [-0.39, 0.29) is 18.4 Å². The molecule has 0 amide bonds. The summed E-state index contributed by atoms with van der Waals surface area (Å²) < 4.78 is 40.1. The van der Waals surface area contributed by atoms with Crippen LogP contribution in [0.3, 0.4) is 0 Å². The predicted octanol–water partition coefficient (Wildman–Crippen LogP) is 3.10. The number of halogens is 3. The maximum atomic E-state index is 12.1. The Labute approximate surface area is 116 Å². The molecule has 0 bridgehead atoms. The Morgan fingerprint density at radius 2 is 1.70 bits per heavy atom. The first-order valence-corrected chi connectivity index (χ1v) is 6.70. The Morgan fingerprint density at radius 3 is 2.20 bits per heavy atom. The highest BCUT2D eigenvalue weighted by atomic mass is 19.4. The second kappa shape index (κ2) is 6.45. The largest absolute Gasteiger partial charge is 0.573 e. The van der Waals surface area contributed by atoms with Crippen molar-refractivity contribution in [3.05, 3.63) is 29.8 Å². The lowest BCUT2D eigenvalue weighted by atomic mass is 10.0. The van der Waals surface area contributed by atoms with Crippen LogP contribution in [0.25, 0.3) is 0 Å². The van der Waals surface area contributed by atoms with Crippen molar-refractivity contribution in [3.63, 3.8) is 0 Å². The number of hydrogen-bond acceptors (Lipinski definition) is 3. The third-order valence-electron chi connectivity index (χ3n) is 3.50. The third kappa shape index (κ3) is 4.11. The molecule has 1 fully saturated rings. The number of nitrogens with zero attached hydrogens (tertiary/aromatic N) is 1. The molecule has 0 aromatic heterocycles. The summed E-state index contributed by atoms with van der Waals surface area (Å²) in [4.78, 5) is 2.17. The topological polar surface area (TPSA) is 32.7 Å². The molecule has 1 aliphatic heterocycles. The fourth-order valence-corrected chi connectivity index (χ4v) is 2.55. The summed E-state index contributed by atoms with van der Waals surface area (Å²) in [5.74, 6) is -0.239. The van der Waals surface area contributed by atoms with Gasteiger partial charge in [-0.15, -0.1) is 13.2 Å². The first kappa shape index (κ1) is 15.1. The first-order valence-electron chi connectivity index (χ1n) is 6.70. The molecule has 6 heteroatoms. The Morgan fingerprint density at radius 1 is 1.10 bits per heavy atom. The summed E-state index contributed by atoms with van der Waals surface area (Å²) in [7, 11) is 0. The molecule has 0 radical (unpaired) electrons. The van der Waals surface area contributed by atoms with Crippen LogP contribution in [0.15, 0.2) is 24.3 Å². The van der Waals surface area contributed by atoms with Gasteiger partial charge in [-0.2, -0.15) is 0 Å². The molecule has 1 aliphatic rings. The van der Waals surface area contributed by atoms with E-state index in [1.54, 1.807) is 12.1 Å². The fourth-order valence-electron chi connectivity index (χ4n) is 2.55. The van der Waals surface area contributed by atoms with Crippen molar-refractivity contribution in [1.82, 2.24) is 4.90 Å². The number of ether oxygens (including phenoxy) is 1. The second-order valence-electron chi connectivity index (χ2n) is 4.91. The number of likely N-dealkylation sites (tertiary alicyclic amines) is 1. The standard InChI is InChI=1S/C14H18F3NO2/c15-14(16,17)20-12-6-4-11(5-7-12)13(10-19)18-8-2-1-3-9-18/h4-7,13,19H,1-3,8-10H2. The Hall–Kier alpha value is -1.27. The van der Waals surface area contributed by atoms with E-state index in [1.807, 2.05) is 0 Å². The molecule has 3 nitrogen and oxygen atoms in total. The van der Waals surface area contributed by atoms with Gasteiger partial charge in [-0.1, -0.05) is 18.6 Å². The number of piperidine rings is 1. The molecule has 112 valence electrons. The zero-order valence-corrected chi connectivity index (χ0v) is 11.1. The number of rotatable bonds is 4. The average molecular weight is 289 g/mol. The van der Waals surface area contributed by atoms with Crippen LogP contribution >= 0.6 is 0 Å². The molecule has 2 rings (SSSR count). The van der Waals surface area contributed by atoms with Gasteiger partial charge in [0.25, 0.3) is 0 Å².